The molecule has 0 bridgehead atoms. The van der Waals surface area contributed by atoms with E-state index in [2.05, 4.69) is 29.3 Å². The maximum Gasteiger partial charge on any atom is 0.0690 e. The minimum absolute atomic E-state index is 1.25. The molecule has 0 atom stereocenters. The molecule has 0 amide bonds. The van der Waals surface area contributed by atoms with Crippen LogP contribution in [0.3, 0.4) is 0 Å². The summed E-state index contributed by atoms with van der Waals surface area (Å²) in [6.07, 6.45) is 4.49. The van der Waals surface area contributed by atoms with Crippen molar-refractivity contribution in [2.45, 2.75) is 20.3 Å². The number of aromatic nitrogens is 3. The molecule has 0 unspecified atom stereocenters. The second-order valence-electron chi connectivity index (χ2n) is 1.37. The van der Waals surface area contributed by atoms with Crippen LogP contribution in [0.5, 0.6) is 0 Å². The lowest BCUT2D eigenvalue weighted by Crippen LogP contribution is -1.61. The number of H-pyrrole nitrogens is 1. The van der Waals surface area contributed by atoms with Gasteiger partial charge in [0, 0.05) is 6.20 Å². The maximum atomic E-state index is 3.42. The minimum Gasteiger partial charge on any atom is -0.266 e. The molecule has 3 nitrogen and oxygen atoms in total. The van der Waals surface area contributed by atoms with Crippen molar-refractivity contribution in [1.29, 1.82) is 0 Å². The van der Waals surface area contributed by atoms with Crippen LogP contribution in [0.1, 0.15) is 20.3 Å². The van der Waals surface area contributed by atoms with Gasteiger partial charge in [0.15, 0.2) is 0 Å². The van der Waals surface area contributed by atoms with Gasteiger partial charge < -0.3 is 0 Å². The van der Waals surface area contributed by atoms with Crippen molar-refractivity contribution in [3.05, 3.63) is 12.4 Å². The van der Waals surface area contributed by atoms with E-state index in [1.54, 1.807) is 12.4 Å². The Morgan fingerprint density at radius 2 is 2.12 bits per heavy atom. The molecule has 1 rings (SSSR count). The van der Waals surface area contributed by atoms with Gasteiger partial charge in [-0.2, -0.15) is 0 Å². The molecule has 0 aliphatic carbocycles. The van der Waals surface area contributed by atoms with E-state index in [9.17, 15) is 0 Å². The van der Waals surface area contributed by atoms with Crippen LogP contribution in [-0.4, -0.2) is 15.4 Å². The Kier molecular flexibility index (Phi) is 5.48. The topological polar surface area (TPSA) is 41.6 Å². The van der Waals surface area contributed by atoms with E-state index in [1.807, 2.05) is 0 Å². The SMILES string of the molecule is CCC.c1c[nH]nn1. The summed E-state index contributed by atoms with van der Waals surface area (Å²) in [5.41, 5.74) is 0. The lowest BCUT2D eigenvalue weighted by Gasteiger charge is -1.48. The number of hydrogen-bond acceptors (Lipinski definition) is 2. The Hall–Kier alpha value is -0.860. The minimum atomic E-state index is 1.25. The smallest absolute Gasteiger partial charge is 0.0690 e. The Balaban J connectivity index is 0.000000145. The lowest BCUT2D eigenvalue weighted by molar-refractivity contribution is 0.940. The standard InChI is InChI=1S/C3H8.C2H3N3/c1-3-2;1-2-4-5-3-1/h3H2,1-2H3;1-2H,(H,3,4,5). The zero-order valence-electron chi connectivity index (χ0n) is 5.26. The van der Waals surface area contributed by atoms with Crippen LogP contribution < -0.4 is 0 Å². The molecule has 0 aliphatic heterocycles. The molecule has 0 aromatic carbocycles. The Bertz CT molecular complexity index is 74.6. The van der Waals surface area contributed by atoms with Gasteiger partial charge in [-0.3, -0.25) is 5.10 Å². The molecular formula is C5H11N3. The third-order valence-corrected chi connectivity index (χ3v) is 0.331. The van der Waals surface area contributed by atoms with E-state index in [0.29, 0.717) is 0 Å². The summed E-state index contributed by atoms with van der Waals surface area (Å²) >= 11 is 0. The lowest BCUT2D eigenvalue weighted by atomic mass is 10.6. The van der Waals surface area contributed by atoms with Crippen molar-refractivity contribution in [3.63, 3.8) is 0 Å². The molecule has 1 aromatic heterocycles. The van der Waals surface area contributed by atoms with Gasteiger partial charge in [0.2, 0.25) is 0 Å². The summed E-state index contributed by atoms with van der Waals surface area (Å²) in [6, 6.07) is 0. The summed E-state index contributed by atoms with van der Waals surface area (Å²) in [4.78, 5) is 0. The molecule has 0 radical (unpaired) electrons. The average Bonchev–Trinajstić information content (AvgIpc) is 2.17. The first-order chi connectivity index (χ1) is 3.91. The monoisotopic (exact) mass is 113 g/mol. The van der Waals surface area contributed by atoms with Gasteiger partial charge in [-0.25, -0.2) is 0 Å². The van der Waals surface area contributed by atoms with Gasteiger partial charge in [-0.05, 0) is 0 Å². The molecule has 0 saturated carbocycles. The van der Waals surface area contributed by atoms with Crippen molar-refractivity contribution in [3.8, 4) is 0 Å². The van der Waals surface area contributed by atoms with E-state index in [1.165, 1.54) is 6.42 Å². The predicted molar refractivity (Wildman–Crippen MR) is 32.3 cm³/mol. The molecule has 1 heterocycles. The van der Waals surface area contributed by atoms with Crippen LogP contribution in [0.25, 0.3) is 0 Å². The second kappa shape index (κ2) is 6.14. The summed E-state index contributed by atoms with van der Waals surface area (Å²) in [6.45, 7) is 4.25. The van der Waals surface area contributed by atoms with Crippen molar-refractivity contribution in [1.82, 2.24) is 15.4 Å². The molecule has 0 aliphatic rings. The zero-order chi connectivity index (χ0) is 6.24. The Morgan fingerprint density at radius 1 is 1.50 bits per heavy atom. The van der Waals surface area contributed by atoms with E-state index < -0.39 is 0 Å². The van der Waals surface area contributed by atoms with Crippen LogP contribution in [0.15, 0.2) is 12.4 Å². The Labute approximate surface area is 49.1 Å². The molecule has 0 saturated heterocycles. The number of nitrogens with zero attached hydrogens (tertiary/aromatic N) is 2. The van der Waals surface area contributed by atoms with Crippen LogP contribution >= 0.6 is 0 Å². The van der Waals surface area contributed by atoms with Crippen molar-refractivity contribution < 1.29 is 0 Å². The number of rotatable bonds is 0. The summed E-state index contributed by atoms with van der Waals surface area (Å²) in [5, 5.41) is 9.26. The van der Waals surface area contributed by atoms with Crippen molar-refractivity contribution >= 4 is 0 Å². The van der Waals surface area contributed by atoms with E-state index >= 15 is 0 Å². The first kappa shape index (κ1) is 7.14. The first-order valence-electron chi connectivity index (χ1n) is 2.72. The fraction of sp³-hybridized carbons (Fsp3) is 0.600. The quantitative estimate of drug-likeness (QED) is 0.549. The molecule has 1 N–H and O–H groups in total. The van der Waals surface area contributed by atoms with Crippen LogP contribution in [0.4, 0.5) is 0 Å². The number of hydrogen-bond donors (Lipinski definition) is 1. The highest BCUT2D eigenvalue weighted by Gasteiger charge is 1.57. The molecule has 46 valence electrons. The fourth-order valence-electron chi connectivity index (χ4n) is 0.167. The maximum absolute atomic E-state index is 3.42. The molecule has 1 aromatic rings. The first-order valence-corrected chi connectivity index (χ1v) is 2.72. The second-order valence-corrected chi connectivity index (χ2v) is 1.37. The predicted octanol–water partition coefficient (Wildman–Crippen LogP) is 1.22. The van der Waals surface area contributed by atoms with E-state index in [4.69, 9.17) is 0 Å². The fourth-order valence-corrected chi connectivity index (χ4v) is 0.167. The third-order valence-electron chi connectivity index (χ3n) is 0.331. The average molecular weight is 113 g/mol. The van der Waals surface area contributed by atoms with Crippen LogP contribution in [-0.2, 0) is 0 Å². The molecule has 8 heavy (non-hydrogen) atoms. The van der Waals surface area contributed by atoms with E-state index in [-0.39, 0.29) is 0 Å². The molecule has 3 heteroatoms. The number of aromatic amines is 1. The largest absolute Gasteiger partial charge is 0.266 e. The normalized spacial score (nSPS) is 7.25. The highest BCUT2D eigenvalue weighted by atomic mass is 15.3. The van der Waals surface area contributed by atoms with Gasteiger partial charge in [-0.15, -0.1) is 5.10 Å². The molecule has 0 fully saturated rings. The summed E-state index contributed by atoms with van der Waals surface area (Å²) in [7, 11) is 0. The summed E-state index contributed by atoms with van der Waals surface area (Å²) < 4.78 is 0. The van der Waals surface area contributed by atoms with Gasteiger partial charge >= 0.3 is 0 Å². The number of nitrogens with one attached hydrogen (secondary N) is 1. The van der Waals surface area contributed by atoms with Gasteiger partial charge in [0.05, 0.1) is 6.20 Å². The highest BCUT2D eigenvalue weighted by molar-refractivity contribution is 4.54. The zero-order valence-corrected chi connectivity index (χ0v) is 5.26. The third kappa shape index (κ3) is 5.14. The van der Waals surface area contributed by atoms with Crippen LogP contribution in [0, 0.1) is 0 Å². The van der Waals surface area contributed by atoms with Crippen molar-refractivity contribution in [2.75, 3.05) is 0 Å². The van der Waals surface area contributed by atoms with Crippen molar-refractivity contribution in [2.24, 2.45) is 0 Å². The summed E-state index contributed by atoms with van der Waals surface area (Å²) in [5.74, 6) is 0. The van der Waals surface area contributed by atoms with E-state index in [0.717, 1.165) is 0 Å². The molecule has 0 spiro atoms. The Morgan fingerprint density at radius 3 is 2.25 bits per heavy atom. The highest BCUT2D eigenvalue weighted by Crippen LogP contribution is 1.56. The van der Waals surface area contributed by atoms with Gasteiger partial charge in [0.1, 0.15) is 0 Å². The molecular weight excluding hydrogens is 102 g/mol. The van der Waals surface area contributed by atoms with Gasteiger partial charge in [0.25, 0.3) is 0 Å². The van der Waals surface area contributed by atoms with Gasteiger partial charge in [-0.1, -0.05) is 25.5 Å². The van der Waals surface area contributed by atoms with Crippen LogP contribution in [0.2, 0.25) is 0 Å².